The molecule has 0 unspecified atom stereocenters. The molecule has 1 N–H and O–H groups in total. The van der Waals surface area contributed by atoms with Gasteiger partial charge in [-0.1, -0.05) is 18.2 Å². The Balaban J connectivity index is 1.40. The van der Waals surface area contributed by atoms with Gasteiger partial charge in [-0.15, -0.1) is 23.5 Å². The summed E-state index contributed by atoms with van der Waals surface area (Å²) in [6.45, 7) is 0. The van der Waals surface area contributed by atoms with Crippen molar-refractivity contribution in [3.05, 3.63) is 59.9 Å². The molecule has 2 aromatic rings. The number of anilines is 1. The first-order valence-corrected chi connectivity index (χ1v) is 10.4. The van der Waals surface area contributed by atoms with Crippen LogP contribution in [-0.4, -0.2) is 22.4 Å². The van der Waals surface area contributed by atoms with Crippen LogP contribution in [0.4, 0.5) is 5.69 Å². The number of amides is 1. The van der Waals surface area contributed by atoms with Crippen LogP contribution in [0.1, 0.15) is 34.5 Å². The molecule has 1 amide bonds. The third-order valence-corrected chi connectivity index (χ3v) is 7.51. The van der Waals surface area contributed by atoms with Crippen molar-refractivity contribution >= 4 is 35.1 Å². The van der Waals surface area contributed by atoms with Crippen molar-refractivity contribution < 1.29 is 4.79 Å². The summed E-state index contributed by atoms with van der Waals surface area (Å²) in [6, 6.07) is 12.3. The number of thioether (sulfide) groups is 2. The number of carbonyl (C=O) groups excluding carboxylic acids is 1. The van der Waals surface area contributed by atoms with Gasteiger partial charge in [-0.3, -0.25) is 9.78 Å². The van der Waals surface area contributed by atoms with Gasteiger partial charge in [0.15, 0.2) is 0 Å². The third kappa shape index (κ3) is 3.62. The summed E-state index contributed by atoms with van der Waals surface area (Å²) in [6.07, 6.45) is 5.86. The summed E-state index contributed by atoms with van der Waals surface area (Å²) in [5.74, 6) is 2.99. The fraction of sp³-hybridized carbons (Fsp3) is 0.368. The zero-order valence-electron chi connectivity index (χ0n) is 13.4. The van der Waals surface area contributed by atoms with Crippen LogP contribution in [0.2, 0.25) is 0 Å². The molecule has 2 heterocycles. The first-order chi connectivity index (χ1) is 11.8. The number of hydrogen-bond donors (Lipinski definition) is 1. The van der Waals surface area contributed by atoms with Gasteiger partial charge < -0.3 is 5.32 Å². The van der Waals surface area contributed by atoms with Gasteiger partial charge in [0, 0.05) is 24.0 Å². The van der Waals surface area contributed by atoms with Crippen LogP contribution in [0.15, 0.2) is 48.8 Å². The van der Waals surface area contributed by atoms with Gasteiger partial charge in [-0.05, 0) is 59.6 Å². The lowest BCUT2D eigenvalue weighted by molar-refractivity contribution is -0.117. The Morgan fingerprint density at radius 2 is 1.96 bits per heavy atom. The zero-order valence-corrected chi connectivity index (χ0v) is 15.0. The van der Waals surface area contributed by atoms with E-state index in [0.29, 0.717) is 10.5 Å². The highest BCUT2D eigenvalue weighted by molar-refractivity contribution is 8.16. The van der Waals surface area contributed by atoms with Crippen LogP contribution in [0.25, 0.3) is 0 Å². The molecule has 2 aliphatic rings. The van der Waals surface area contributed by atoms with E-state index in [1.54, 1.807) is 6.20 Å². The Kier molecular flexibility index (Phi) is 4.81. The molecule has 1 saturated heterocycles. The molecule has 1 aromatic heterocycles. The van der Waals surface area contributed by atoms with Crippen LogP contribution in [0.5, 0.6) is 0 Å². The zero-order chi connectivity index (χ0) is 16.4. The number of benzene rings is 1. The Hall–Kier alpha value is -1.46. The van der Waals surface area contributed by atoms with Crippen LogP contribution in [0.3, 0.4) is 0 Å². The molecule has 2 atom stereocenters. The number of aromatic nitrogens is 1. The van der Waals surface area contributed by atoms with E-state index in [1.807, 2.05) is 47.9 Å². The highest BCUT2D eigenvalue weighted by Crippen LogP contribution is 2.48. The van der Waals surface area contributed by atoms with Crippen LogP contribution in [-0.2, 0) is 4.79 Å². The van der Waals surface area contributed by atoms with Crippen molar-refractivity contribution in [3.8, 4) is 0 Å². The number of nitrogens with one attached hydrogen (secondary N) is 1. The molecule has 0 bridgehead atoms. The van der Waals surface area contributed by atoms with Crippen molar-refractivity contribution in [2.45, 2.75) is 23.3 Å². The van der Waals surface area contributed by atoms with E-state index in [2.05, 4.69) is 28.5 Å². The van der Waals surface area contributed by atoms with E-state index in [0.717, 1.165) is 12.1 Å². The maximum Gasteiger partial charge on any atom is 0.228 e. The smallest absolute Gasteiger partial charge is 0.228 e. The summed E-state index contributed by atoms with van der Waals surface area (Å²) in [4.78, 5) is 16.7. The van der Waals surface area contributed by atoms with Gasteiger partial charge in [-0.2, -0.15) is 0 Å². The standard InChI is InChI=1S/C19H20N2OS2/c22-18(17-11-16(17)14-5-2-7-20-12-14)21-15-6-1-4-13(10-15)19-23-8-3-9-24-19/h1-2,4-7,10,12,16-17,19H,3,8-9,11H2,(H,21,22)/t16-,17-/m1/s1. The summed E-state index contributed by atoms with van der Waals surface area (Å²) >= 11 is 4.01. The molecule has 4 rings (SSSR count). The van der Waals surface area contributed by atoms with Crippen molar-refractivity contribution in [3.63, 3.8) is 0 Å². The molecular weight excluding hydrogens is 336 g/mol. The lowest BCUT2D eigenvalue weighted by atomic mass is 10.1. The summed E-state index contributed by atoms with van der Waals surface area (Å²) in [5, 5.41) is 3.11. The maximum atomic E-state index is 12.5. The predicted octanol–water partition coefficient (Wildman–Crippen LogP) is 4.69. The number of carbonyl (C=O) groups is 1. The molecule has 5 heteroatoms. The molecule has 124 valence electrons. The minimum Gasteiger partial charge on any atom is -0.326 e. The van der Waals surface area contributed by atoms with E-state index in [9.17, 15) is 4.79 Å². The molecule has 2 fully saturated rings. The molecule has 1 aliphatic carbocycles. The molecule has 3 nitrogen and oxygen atoms in total. The number of nitrogens with zero attached hydrogens (tertiary/aromatic N) is 1. The topological polar surface area (TPSA) is 42.0 Å². The number of rotatable bonds is 4. The molecule has 0 radical (unpaired) electrons. The van der Waals surface area contributed by atoms with Crippen molar-refractivity contribution in [1.29, 1.82) is 0 Å². The minimum absolute atomic E-state index is 0.0799. The summed E-state index contributed by atoms with van der Waals surface area (Å²) < 4.78 is 0.500. The SMILES string of the molecule is O=C(Nc1cccc(C2SCCCS2)c1)[C@@H]1C[C@@H]1c1cccnc1. The fourth-order valence-corrected chi connectivity index (χ4v) is 6.00. The van der Waals surface area contributed by atoms with E-state index < -0.39 is 0 Å². The van der Waals surface area contributed by atoms with Gasteiger partial charge >= 0.3 is 0 Å². The highest BCUT2D eigenvalue weighted by atomic mass is 32.2. The fourth-order valence-electron chi connectivity index (χ4n) is 3.13. The van der Waals surface area contributed by atoms with Gasteiger partial charge in [0.2, 0.25) is 5.91 Å². The normalized spacial score (nSPS) is 23.7. The molecule has 1 aromatic carbocycles. The monoisotopic (exact) mass is 356 g/mol. The Bertz CT molecular complexity index is 716. The van der Waals surface area contributed by atoms with Gasteiger partial charge in [-0.25, -0.2) is 0 Å². The highest BCUT2D eigenvalue weighted by Gasteiger charge is 2.44. The molecule has 1 saturated carbocycles. The van der Waals surface area contributed by atoms with Crippen LogP contribution < -0.4 is 5.32 Å². The average Bonchev–Trinajstić information content (AvgIpc) is 3.44. The maximum absolute atomic E-state index is 12.5. The second-order valence-electron chi connectivity index (χ2n) is 6.28. The largest absolute Gasteiger partial charge is 0.326 e. The number of hydrogen-bond acceptors (Lipinski definition) is 4. The quantitative estimate of drug-likeness (QED) is 0.863. The van der Waals surface area contributed by atoms with E-state index in [4.69, 9.17) is 0 Å². The Labute approximate surface area is 151 Å². The first-order valence-electron chi connectivity index (χ1n) is 8.35. The lowest BCUT2D eigenvalue weighted by Crippen LogP contribution is -2.14. The molecule has 1 aliphatic heterocycles. The van der Waals surface area contributed by atoms with Gasteiger partial charge in [0.25, 0.3) is 0 Å². The van der Waals surface area contributed by atoms with E-state index in [1.165, 1.54) is 29.1 Å². The lowest BCUT2D eigenvalue weighted by Gasteiger charge is -2.21. The second kappa shape index (κ2) is 7.19. The second-order valence-corrected chi connectivity index (χ2v) is 9.00. The van der Waals surface area contributed by atoms with Crippen LogP contribution >= 0.6 is 23.5 Å². The van der Waals surface area contributed by atoms with Gasteiger partial charge in [0.05, 0.1) is 4.58 Å². The molecule has 0 spiro atoms. The Morgan fingerprint density at radius 3 is 2.75 bits per heavy atom. The number of pyridine rings is 1. The van der Waals surface area contributed by atoms with Gasteiger partial charge in [0.1, 0.15) is 0 Å². The van der Waals surface area contributed by atoms with E-state index in [-0.39, 0.29) is 11.8 Å². The average molecular weight is 357 g/mol. The van der Waals surface area contributed by atoms with E-state index >= 15 is 0 Å². The molecule has 24 heavy (non-hydrogen) atoms. The van der Waals surface area contributed by atoms with Crippen molar-refractivity contribution in [1.82, 2.24) is 4.98 Å². The first kappa shape index (κ1) is 16.0. The summed E-state index contributed by atoms with van der Waals surface area (Å²) in [5.41, 5.74) is 3.39. The summed E-state index contributed by atoms with van der Waals surface area (Å²) in [7, 11) is 0. The third-order valence-electron chi connectivity index (χ3n) is 4.49. The minimum atomic E-state index is 0.0799. The van der Waals surface area contributed by atoms with Crippen molar-refractivity contribution in [2.75, 3.05) is 16.8 Å². The predicted molar refractivity (Wildman–Crippen MR) is 102 cm³/mol. The van der Waals surface area contributed by atoms with Crippen molar-refractivity contribution in [2.24, 2.45) is 5.92 Å². The molecular formula is C19H20N2OS2. The Morgan fingerprint density at radius 1 is 1.12 bits per heavy atom. The van der Waals surface area contributed by atoms with Crippen LogP contribution in [0, 0.1) is 5.92 Å².